The highest BCUT2D eigenvalue weighted by Crippen LogP contribution is 2.35. The molecule has 0 radical (unpaired) electrons. The van der Waals surface area contributed by atoms with Gasteiger partial charge in [-0.3, -0.25) is 15.1 Å². The first-order chi connectivity index (χ1) is 16.5. The molecule has 0 spiro atoms. The van der Waals surface area contributed by atoms with E-state index < -0.39 is 0 Å². The van der Waals surface area contributed by atoms with Crippen LogP contribution in [0.4, 0.5) is 5.69 Å². The first kappa shape index (κ1) is 20.6. The van der Waals surface area contributed by atoms with E-state index in [1.165, 1.54) is 9.75 Å². The summed E-state index contributed by atoms with van der Waals surface area (Å²) in [6, 6.07) is 15.0. The number of thiophene rings is 1. The Kier molecular flexibility index (Phi) is 4.88. The Morgan fingerprint density at radius 1 is 1.00 bits per heavy atom. The molecule has 0 saturated carbocycles. The van der Waals surface area contributed by atoms with Crippen molar-refractivity contribution in [3.05, 3.63) is 65.9 Å². The van der Waals surface area contributed by atoms with E-state index in [0.717, 1.165) is 56.0 Å². The van der Waals surface area contributed by atoms with Crippen molar-refractivity contribution in [2.24, 2.45) is 0 Å². The molecular weight excluding hydrogens is 442 g/mol. The first-order valence-corrected chi connectivity index (χ1v) is 12.0. The highest BCUT2D eigenvalue weighted by Gasteiger charge is 2.17. The Morgan fingerprint density at radius 3 is 2.74 bits per heavy atom. The molecule has 7 nitrogen and oxygen atoms in total. The molecule has 0 bridgehead atoms. The number of hydrogen-bond donors (Lipinski definition) is 3. The molecule has 0 saturated heterocycles. The summed E-state index contributed by atoms with van der Waals surface area (Å²) in [7, 11) is 0. The molecule has 0 aliphatic rings. The van der Waals surface area contributed by atoms with Crippen LogP contribution < -0.4 is 5.32 Å². The molecule has 168 valence electrons. The topological polar surface area (TPSA) is 95.2 Å². The fraction of sp³-hybridized carbons (Fsp3) is 0.154. The van der Waals surface area contributed by atoms with Crippen LogP contribution in [0.3, 0.4) is 0 Å². The number of imidazole rings is 1. The molecule has 8 heteroatoms. The quantitative estimate of drug-likeness (QED) is 0.273. The number of rotatable bonds is 5. The zero-order chi connectivity index (χ0) is 23.2. The number of nitrogens with zero attached hydrogens (tertiary/aromatic N) is 4. The summed E-state index contributed by atoms with van der Waals surface area (Å²) in [6.45, 7) is 6.33. The number of hydrogen-bond acceptors (Lipinski definition) is 6. The van der Waals surface area contributed by atoms with Crippen LogP contribution in [0.15, 0.2) is 61.1 Å². The maximum atomic E-state index is 4.97. The Morgan fingerprint density at radius 2 is 1.91 bits per heavy atom. The van der Waals surface area contributed by atoms with Crippen molar-refractivity contribution in [1.29, 1.82) is 0 Å². The van der Waals surface area contributed by atoms with Gasteiger partial charge in [0.15, 0.2) is 5.82 Å². The van der Waals surface area contributed by atoms with Crippen molar-refractivity contribution in [2.75, 3.05) is 5.32 Å². The third-order valence-electron chi connectivity index (χ3n) is 5.68. The van der Waals surface area contributed by atoms with Crippen LogP contribution >= 0.6 is 11.3 Å². The lowest BCUT2D eigenvalue weighted by atomic mass is 10.1. The molecule has 0 aliphatic carbocycles. The minimum Gasteiger partial charge on any atom is -0.382 e. The van der Waals surface area contributed by atoms with E-state index in [4.69, 9.17) is 4.98 Å². The van der Waals surface area contributed by atoms with Crippen molar-refractivity contribution >= 4 is 39.0 Å². The number of H-pyrrole nitrogens is 2. The van der Waals surface area contributed by atoms with Gasteiger partial charge in [-0.25, -0.2) is 4.98 Å². The third kappa shape index (κ3) is 3.62. The van der Waals surface area contributed by atoms with Gasteiger partial charge in [-0.2, -0.15) is 5.10 Å². The molecule has 0 aliphatic heterocycles. The van der Waals surface area contributed by atoms with Gasteiger partial charge in [-0.1, -0.05) is 12.1 Å². The lowest BCUT2D eigenvalue weighted by Gasteiger charge is -2.10. The number of pyridine rings is 2. The number of nitrogens with one attached hydrogen (secondary N) is 3. The summed E-state index contributed by atoms with van der Waals surface area (Å²) < 4.78 is 0. The van der Waals surface area contributed by atoms with Crippen LogP contribution in [-0.4, -0.2) is 36.2 Å². The van der Waals surface area contributed by atoms with E-state index in [1.54, 1.807) is 11.3 Å². The maximum Gasteiger partial charge on any atom is 0.159 e. The second-order valence-electron chi connectivity index (χ2n) is 8.65. The SMILES string of the molecule is Cc1ccc(-c2cccc3[nH]c(-c4n[nH]c5cnc(-c6cncc(NC(C)C)c6)cc45)nc23)s1. The molecule has 0 amide bonds. The molecule has 3 N–H and O–H groups in total. The molecule has 34 heavy (non-hydrogen) atoms. The van der Waals surface area contributed by atoms with Crippen LogP contribution in [-0.2, 0) is 0 Å². The number of anilines is 1. The molecule has 0 fully saturated rings. The Bertz CT molecular complexity index is 1640. The number of para-hydroxylation sites is 1. The van der Waals surface area contributed by atoms with E-state index in [1.807, 2.05) is 24.7 Å². The minimum atomic E-state index is 0.323. The summed E-state index contributed by atoms with van der Waals surface area (Å²) in [6.07, 6.45) is 5.47. The largest absolute Gasteiger partial charge is 0.382 e. The summed E-state index contributed by atoms with van der Waals surface area (Å²) in [5.74, 6) is 0.729. The normalized spacial score (nSPS) is 11.6. The molecule has 5 heterocycles. The average Bonchev–Trinajstić information content (AvgIpc) is 3.55. The van der Waals surface area contributed by atoms with Crippen molar-refractivity contribution in [1.82, 2.24) is 30.1 Å². The highest BCUT2D eigenvalue weighted by atomic mass is 32.1. The predicted octanol–water partition coefficient (Wildman–Crippen LogP) is 6.42. The van der Waals surface area contributed by atoms with Crippen LogP contribution in [0.1, 0.15) is 18.7 Å². The number of aromatic amines is 2. The molecule has 6 rings (SSSR count). The number of aryl methyl sites for hydroxylation is 1. The van der Waals surface area contributed by atoms with E-state index in [0.29, 0.717) is 6.04 Å². The third-order valence-corrected chi connectivity index (χ3v) is 6.71. The minimum absolute atomic E-state index is 0.323. The molecular formula is C26H23N7S. The van der Waals surface area contributed by atoms with Gasteiger partial charge in [-0.05, 0) is 51.1 Å². The van der Waals surface area contributed by atoms with E-state index in [-0.39, 0.29) is 0 Å². The van der Waals surface area contributed by atoms with Gasteiger partial charge in [0.1, 0.15) is 5.69 Å². The van der Waals surface area contributed by atoms with Crippen molar-refractivity contribution in [3.8, 4) is 33.2 Å². The van der Waals surface area contributed by atoms with Gasteiger partial charge in [0.25, 0.3) is 0 Å². The second kappa shape index (κ2) is 8.07. The zero-order valence-corrected chi connectivity index (χ0v) is 19.9. The van der Waals surface area contributed by atoms with Gasteiger partial charge in [0.05, 0.1) is 34.1 Å². The first-order valence-electron chi connectivity index (χ1n) is 11.2. The summed E-state index contributed by atoms with van der Waals surface area (Å²) in [5.41, 5.74) is 7.43. The van der Waals surface area contributed by atoms with Crippen molar-refractivity contribution in [3.63, 3.8) is 0 Å². The molecule has 5 aromatic heterocycles. The summed E-state index contributed by atoms with van der Waals surface area (Å²) >= 11 is 1.77. The lowest BCUT2D eigenvalue weighted by Crippen LogP contribution is -2.09. The van der Waals surface area contributed by atoms with Crippen LogP contribution in [0.25, 0.3) is 55.2 Å². The highest BCUT2D eigenvalue weighted by molar-refractivity contribution is 7.15. The van der Waals surface area contributed by atoms with E-state index in [2.05, 4.69) is 87.6 Å². The van der Waals surface area contributed by atoms with Crippen LogP contribution in [0.5, 0.6) is 0 Å². The Labute approximate surface area is 200 Å². The van der Waals surface area contributed by atoms with Crippen LogP contribution in [0, 0.1) is 6.92 Å². The van der Waals surface area contributed by atoms with E-state index >= 15 is 0 Å². The lowest BCUT2D eigenvalue weighted by molar-refractivity contribution is 0.898. The van der Waals surface area contributed by atoms with Gasteiger partial charge in [-0.15, -0.1) is 11.3 Å². The van der Waals surface area contributed by atoms with Gasteiger partial charge in [0.2, 0.25) is 0 Å². The zero-order valence-electron chi connectivity index (χ0n) is 19.0. The predicted molar refractivity (Wildman–Crippen MR) is 139 cm³/mol. The van der Waals surface area contributed by atoms with Gasteiger partial charge in [0, 0.05) is 44.7 Å². The summed E-state index contributed by atoms with van der Waals surface area (Å²) in [4.78, 5) is 19.9. The van der Waals surface area contributed by atoms with Gasteiger partial charge >= 0.3 is 0 Å². The molecule has 6 aromatic rings. The average molecular weight is 466 g/mol. The number of aromatic nitrogens is 6. The standard InChI is InChI=1S/C26H23N7S/c1-14(2)29-17-9-16(11-27-12-17)21-10-19-22(13-28-21)32-33-25(19)26-30-20-6-4-5-18(24(20)31-26)23-8-7-15(3)34-23/h4-14,29H,1-3H3,(H,30,31)(H,32,33). The molecule has 0 unspecified atom stereocenters. The fourth-order valence-electron chi connectivity index (χ4n) is 4.17. The smallest absolute Gasteiger partial charge is 0.159 e. The van der Waals surface area contributed by atoms with Crippen molar-refractivity contribution < 1.29 is 0 Å². The Balaban J connectivity index is 1.45. The second-order valence-corrected chi connectivity index (χ2v) is 9.93. The van der Waals surface area contributed by atoms with Crippen molar-refractivity contribution in [2.45, 2.75) is 26.8 Å². The molecule has 1 aromatic carbocycles. The maximum absolute atomic E-state index is 4.97. The molecule has 0 atom stereocenters. The number of fused-ring (bicyclic) bond motifs is 2. The fourth-order valence-corrected chi connectivity index (χ4v) is 5.06. The van der Waals surface area contributed by atoms with Gasteiger partial charge < -0.3 is 10.3 Å². The summed E-state index contributed by atoms with van der Waals surface area (Å²) in [5, 5.41) is 12.0. The monoisotopic (exact) mass is 465 g/mol. The van der Waals surface area contributed by atoms with E-state index in [9.17, 15) is 0 Å². The Hall–Kier alpha value is -4.04. The van der Waals surface area contributed by atoms with Crippen LogP contribution in [0.2, 0.25) is 0 Å². The number of benzene rings is 1.